The number of nitrogens with zero attached hydrogens (tertiary/aromatic N) is 2. The fraction of sp³-hybridized carbons (Fsp3) is 0.733. The molecule has 1 atom stereocenters. The summed E-state index contributed by atoms with van der Waals surface area (Å²) in [6, 6.07) is -0.680. The van der Waals surface area contributed by atoms with Crippen LogP contribution < -0.4 is 0 Å². The predicted octanol–water partition coefficient (Wildman–Crippen LogP) is 2.34. The lowest BCUT2D eigenvalue weighted by Crippen LogP contribution is -2.42. The summed E-state index contributed by atoms with van der Waals surface area (Å²) < 4.78 is 31.0. The topological polar surface area (TPSA) is 76.6 Å². The van der Waals surface area contributed by atoms with Crippen molar-refractivity contribution < 1.29 is 17.9 Å². The number of carbonyl (C=O) groups is 1. The van der Waals surface area contributed by atoms with Crippen LogP contribution in [0.15, 0.2) is 5.38 Å². The molecule has 1 fully saturated rings. The average molecular weight is 361 g/mol. The second kappa shape index (κ2) is 8.21. The Hall–Kier alpha value is -0.990. The molecule has 1 aliphatic rings. The summed E-state index contributed by atoms with van der Waals surface area (Å²) in [5.74, 6) is -0.393. The lowest BCUT2D eigenvalue weighted by molar-refractivity contribution is -0.148. The van der Waals surface area contributed by atoms with Gasteiger partial charge < -0.3 is 4.74 Å². The Kier molecular flexibility index (Phi) is 6.55. The number of hydrogen-bond donors (Lipinski definition) is 0. The van der Waals surface area contributed by atoms with Gasteiger partial charge in [-0.05, 0) is 32.1 Å². The average Bonchev–Trinajstić information content (AvgIpc) is 3.14. The molecule has 8 heteroatoms. The highest BCUT2D eigenvalue weighted by Gasteiger charge is 2.39. The number of esters is 1. The molecule has 130 valence electrons. The van der Waals surface area contributed by atoms with Gasteiger partial charge >= 0.3 is 5.97 Å². The van der Waals surface area contributed by atoms with Gasteiger partial charge in [-0.1, -0.05) is 13.8 Å². The van der Waals surface area contributed by atoms with Crippen LogP contribution in [0, 0.1) is 0 Å². The summed E-state index contributed by atoms with van der Waals surface area (Å²) in [5, 5.41) is 2.92. The van der Waals surface area contributed by atoms with Crippen LogP contribution in [-0.4, -0.2) is 42.0 Å². The standard InChI is InChI=1S/C15H24N2O4S2/c1-3-6-14-16-12(11-22-14)10-21-15(18)13-7-5-8-17(13)23(19,20)9-4-2/h11,13H,3-10H2,1-2H3. The summed E-state index contributed by atoms with van der Waals surface area (Å²) in [6.07, 6.45) is 3.71. The van der Waals surface area contributed by atoms with Gasteiger partial charge in [0.2, 0.25) is 10.0 Å². The van der Waals surface area contributed by atoms with E-state index in [1.54, 1.807) is 11.3 Å². The van der Waals surface area contributed by atoms with Crippen LogP contribution in [0.4, 0.5) is 0 Å². The molecule has 2 heterocycles. The number of carbonyl (C=O) groups excluding carboxylic acids is 1. The number of rotatable bonds is 8. The van der Waals surface area contributed by atoms with Crippen LogP contribution in [0.2, 0.25) is 0 Å². The molecular weight excluding hydrogens is 336 g/mol. The van der Waals surface area contributed by atoms with Crippen LogP contribution >= 0.6 is 11.3 Å². The Balaban J connectivity index is 1.93. The Morgan fingerprint density at radius 1 is 1.43 bits per heavy atom. The van der Waals surface area contributed by atoms with Gasteiger partial charge in [-0.3, -0.25) is 4.79 Å². The summed E-state index contributed by atoms with van der Waals surface area (Å²) >= 11 is 1.56. The molecule has 23 heavy (non-hydrogen) atoms. The van der Waals surface area contributed by atoms with E-state index in [9.17, 15) is 13.2 Å². The van der Waals surface area contributed by atoms with Crippen molar-refractivity contribution in [2.24, 2.45) is 0 Å². The van der Waals surface area contributed by atoms with Gasteiger partial charge in [0.05, 0.1) is 16.5 Å². The molecule has 0 aromatic carbocycles. The first kappa shape index (κ1) is 18.4. The lowest BCUT2D eigenvalue weighted by atomic mass is 10.2. The van der Waals surface area contributed by atoms with Crippen molar-refractivity contribution in [1.82, 2.24) is 9.29 Å². The Bertz CT molecular complexity index is 627. The molecule has 0 bridgehead atoms. The van der Waals surface area contributed by atoms with Crippen molar-refractivity contribution in [3.05, 3.63) is 16.1 Å². The second-order valence-corrected chi connectivity index (χ2v) is 8.66. The van der Waals surface area contributed by atoms with E-state index in [0.717, 1.165) is 23.5 Å². The summed E-state index contributed by atoms with van der Waals surface area (Å²) in [7, 11) is -3.37. The minimum Gasteiger partial charge on any atom is -0.458 e. The third kappa shape index (κ3) is 4.74. The van der Waals surface area contributed by atoms with Crippen molar-refractivity contribution in [3.63, 3.8) is 0 Å². The van der Waals surface area contributed by atoms with E-state index in [2.05, 4.69) is 11.9 Å². The lowest BCUT2D eigenvalue weighted by Gasteiger charge is -2.22. The Morgan fingerprint density at radius 2 is 2.22 bits per heavy atom. The predicted molar refractivity (Wildman–Crippen MR) is 89.7 cm³/mol. The molecule has 6 nitrogen and oxygen atoms in total. The normalized spacial score (nSPS) is 19.1. The number of thiazole rings is 1. The van der Waals surface area contributed by atoms with Crippen LogP contribution in [0.25, 0.3) is 0 Å². The molecule has 1 saturated heterocycles. The molecule has 0 spiro atoms. The van der Waals surface area contributed by atoms with Gasteiger partial charge in [0.15, 0.2) is 0 Å². The quantitative estimate of drug-likeness (QED) is 0.665. The molecule has 0 N–H and O–H groups in total. The Labute approximate surface area is 141 Å². The summed E-state index contributed by atoms with van der Waals surface area (Å²) in [6.45, 7) is 4.42. The van der Waals surface area contributed by atoms with Crippen LogP contribution in [-0.2, 0) is 32.6 Å². The maximum absolute atomic E-state index is 12.3. The van der Waals surface area contributed by atoms with Crippen molar-refractivity contribution in [2.75, 3.05) is 12.3 Å². The van der Waals surface area contributed by atoms with E-state index in [1.165, 1.54) is 4.31 Å². The van der Waals surface area contributed by atoms with E-state index in [0.29, 0.717) is 25.8 Å². The van der Waals surface area contributed by atoms with Crippen molar-refractivity contribution in [3.8, 4) is 0 Å². The first-order valence-electron chi connectivity index (χ1n) is 8.07. The van der Waals surface area contributed by atoms with Crippen molar-refractivity contribution >= 4 is 27.3 Å². The molecule has 2 rings (SSSR count). The molecule has 0 saturated carbocycles. The molecule has 0 radical (unpaired) electrons. The molecular formula is C15H24N2O4S2. The molecule has 1 aliphatic heterocycles. The minimum atomic E-state index is -3.37. The van der Waals surface area contributed by atoms with E-state index in [-0.39, 0.29) is 12.4 Å². The van der Waals surface area contributed by atoms with Crippen molar-refractivity contribution in [2.45, 2.75) is 58.6 Å². The number of aryl methyl sites for hydroxylation is 1. The highest BCUT2D eigenvalue weighted by Crippen LogP contribution is 2.23. The zero-order valence-electron chi connectivity index (χ0n) is 13.7. The number of aromatic nitrogens is 1. The number of ether oxygens (including phenoxy) is 1. The zero-order chi connectivity index (χ0) is 16.9. The van der Waals surface area contributed by atoms with Gasteiger partial charge in [0.1, 0.15) is 12.6 Å². The SMILES string of the molecule is CCCc1nc(COC(=O)C2CCCN2S(=O)(=O)CCC)cs1. The van der Waals surface area contributed by atoms with E-state index in [4.69, 9.17) is 4.74 Å². The van der Waals surface area contributed by atoms with Crippen molar-refractivity contribution in [1.29, 1.82) is 0 Å². The van der Waals surface area contributed by atoms with Crippen LogP contribution in [0.1, 0.15) is 50.2 Å². The van der Waals surface area contributed by atoms with Gasteiger partial charge in [-0.15, -0.1) is 11.3 Å². The monoisotopic (exact) mass is 360 g/mol. The Morgan fingerprint density at radius 3 is 2.91 bits per heavy atom. The first-order chi connectivity index (χ1) is 11.0. The summed E-state index contributed by atoms with van der Waals surface area (Å²) in [4.78, 5) is 16.7. The third-order valence-electron chi connectivity index (χ3n) is 3.72. The van der Waals surface area contributed by atoms with E-state index < -0.39 is 22.0 Å². The van der Waals surface area contributed by atoms with Gasteiger partial charge in [0.25, 0.3) is 0 Å². The fourth-order valence-electron chi connectivity index (χ4n) is 2.67. The number of sulfonamides is 1. The second-order valence-electron chi connectivity index (χ2n) is 5.68. The molecule has 0 aliphatic carbocycles. The third-order valence-corrected chi connectivity index (χ3v) is 6.75. The molecule has 0 amide bonds. The maximum Gasteiger partial charge on any atom is 0.324 e. The minimum absolute atomic E-state index is 0.0727. The summed E-state index contributed by atoms with van der Waals surface area (Å²) in [5.41, 5.74) is 0.729. The maximum atomic E-state index is 12.3. The van der Waals surface area contributed by atoms with Gasteiger partial charge in [0, 0.05) is 11.9 Å². The molecule has 1 unspecified atom stereocenters. The highest BCUT2D eigenvalue weighted by molar-refractivity contribution is 7.89. The van der Waals surface area contributed by atoms with Gasteiger partial charge in [-0.25, -0.2) is 13.4 Å². The first-order valence-corrected chi connectivity index (χ1v) is 10.6. The van der Waals surface area contributed by atoms with E-state index in [1.807, 2.05) is 12.3 Å². The largest absolute Gasteiger partial charge is 0.458 e. The fourth-order valence-corrected chi connectivity index (χ4v) is 5.29. The smallest absolute Gasteiger partial charge is 0.324 e. The molecule has 1 aromatic heterocycles. The highest BCUT2D eigenvalue weighted by atomic mass is 32.2. The number of hydrogen-bond acceptors (Lipinski definition) is 6. The van der Waals surface area contributed by atoms with Crippen LogP contribution in [0.5, 0.6) is 0 Å². The molecule has 1 aromatic rings. The zero-order valence-corrected chi connectivity index (χ0v) is 15.3. The van der Waals surface area contributed by atoms with Gasteiger partial charge in [-0.2, -0.15) is 4.31 Å². The van der Waals surface area contributed by atoms with Crippen LogP contribution in [0.3, 0.4) is 0 Å². The van der Waals surface area contributed by atoms with E-state index >= 15 is 0 Å².